The van der Waals surface area contributed by atoms with E-state index in [0.29, 0.717) is 0 Å². The van der Waals surface area contributed by atoms with Gasteiger partial charge < -0.3 is 5.11 Å². The lowest BCUT2D eigenvalue weighted by atomic mass is 10.0. The van der Waals surface area contributed by atoms with E-state index in [1.165, 1.54) is 11.1 Å². The summed E-state index contributed by atoms with van der Waals surface area (Å²) >= 11 is 0. The fourth-order valence-electron chi connectivity index (χ4n) is 1.81. The fourth-order valence-corrected chi connectivity index (χ4v) is 1.81. The molecule has 0 saturated carbocycles. The van der Waals surface area contributed by atoms with Crippen molar-refractivity contribution in [3.05, 3.63) is 41.5 Å². The van der Waals surface area contributed by atoms with Crippen LogP contribution in [0.5, 0.6) is 0 Å². The molecule has 0 aliphatic rings. The van der Waals surface area contributed by atoms with Gasteiger partial charge in [-0.15, -0.1) is 0 Å². The molecule has 1 N–H and O–H groups in total. The molecule has 0 bridgehead atoms. The maximum Gasteiger partial charge on any atom is 0.0591 e. The van der Waals surface area contributed by atoms with Crippen LogP contribution < -0.4 is 0 Å². The normalized spacial score (nSPS) is 10.5. The van der Waals surface area contributed by atoms with Gasteiger partial charge in [-0.25, -0.2) is 0 Å². The van der Waals surface area contributed by atoms with Crippen molar-refractivity contribution in [3.8, 4) is 0 Å². The van der Waals surface area contributed by atoms with Crippen LogP contribution in [0.1, 0.15) is 78.4 Å². The van der Waals surface area contributed by atoms with Crippen molar-refractivity contribution in [3.63, 3.8) is 0 Å². The number of rotatable bonds is 6. The molecular formula is C20H36O. The molecule has 1 heteroatoms. The molecule has 0 radical (unpaired) electrons. The zero-order valence-electron chi connectivity index (χ0n) is 15.2. The van der Waals surface area contributed by atoms with Gasteiger partial charge in [0.2, 0.25) is 0 Å². The summed E-state index contributed by atoms with van der Waals surface area (Å²) in [5.74, 6) is 0. The first-order valence-electron chi connectivity index (χ1n) is 8.43. The third kappa shape index (κ3) is 15.1. The molecule has 0 heterocycles. The largest absolute Gasteiger partial charge is 0.390 e. The maximum atomic E-state index is 9.56. The number of allylic oxidation sites excluding steroid dienone is 1. The lowest BCUT2D eigenvalue weighted by Gasteiger charge is -2.15. The Morgan fingerprint density at radius 2 is 1.67 bits per heavy atom. The van der Waals surface area contributed by atoms with E-state index in [4.69, 9.17) is 0 Å². The van der Waals surface area contributed by atoms with Gasteiger partial charge in [0.05, 0.1) is 5.60 Å². The van der Waals surface area contributed by atoms with Crippen molar-refractivity contribution in [1.29, 1.82) is 0 Å². The smallest absolute Gasteiger partial charge is 0.0591 e. The van der Waals surface area contributed by atoms with Crippen LogP contribution in [0.15, 0.2) is 30.3 Å². The van der Waals surface area contributed by atoms with Gasteiger partial charge in [-0.1, -0.05) is 76.1 Å². The van der Waals surface area contributed by atoms with E-state index in [0.717, 1.165) is 25.7 Å². The van der Waals surface area contributed by atoms with Crippen LogP contribution in [0.3, 0.4) is 0 Å². The number of aliphatic hydroxyl groups is 1. The molecular weight excluding hydrogens is 256 g/mol. The molecule has 1 aromatic rings. The standard InChI is InChI=1S/C16H24O.2C2H6/c1-14-9-8-11-15(13-14)10-6-4-5-7-12-16(2,3)17;2*1-2/h6,8-11,13,17H,4-5,7,12H2,1-3H3;2*1-2H3/b10-6+;;. The van der Waals surface area contributed by atoms with Crippen molar-refractivity contribution >= 4 is 6.08 Å². The molecule has 0 fully saturated rings. The minimum Gasteiger partial charge on any atom is -0.390 e. The summed E-state index contributed by atoms with van der Waals surface area (Å²) in [6.07, 6.45) is 8.60. The van der Waals surface area contributed by atoms with Crippen molar-refractivity contribution in [2.45, 2.75) is 79.8 Å². The minimum atomic E-state index is -0.514. The molecule has 0 aliphatic carbocycles. The summed E-state index contributed by atoms with van der Waals surface area (Å²) in [4.78, 5) is 0. The van der Waals surface area contributed by atoms with Gasteiger partial charge in [-0.2, -0.15) is 0 Å². The fraction of sp³-hybridized carbons (Fsp3) is 0.600. The number of hydrogen-bond acceptors (Lipinski definition) is 1. The van der Waals surface area contributed by atoms with Gasteiger partial charge in [0.25, 0.3) is 0 Å². The average molecular weight is 293 g/mol. The molecule has 0 spiro atoms. The van der Waals surface area contributed by atoms with Crippen LogP contribution in [-0.2, 0) is 0 Å². The average Bonchev–Trinajstić information content (AvgIpc) is 2.46. The van der Waals surface area contributed by atoms with Crippen molar-refractivity contribution < 1.29 is 5.11 Å². The van der Waals surface area contributed by atoms with Crippen LogP contribution in [0.25, 0.3) is 6.08 Å². The van der Waals surface area contributed by atoms with Crippen molar-refractivity contribution in [2.75, 3.05) is 0 Å². The molecule has 0 aromatic heterocycles. The lowest BCUT2D eigenvalue weighted by molar-refractivity contribution is 0.0683. The topological polar surface area (TPSA) is 20.2 Å². The number of hydrogen-bond donors (Lipinski definition) is 1. The van der Waals surface area contributed by atoms with E-state index in [2.05, 4.69) is 43.3 Å². The number of aryl methyl sites for hydroxylation is 1. The molecule has 0 amide bonds. The predicted octanol–water partition coefficient (Wildman–Crippen LogP) is 6.39. The summed E-state index contributed by atoms with van der Waals surface area (Å²) in [6, 6.07) is 8.51. The molecule has 0 unspecified atom stereocenters. The Kier molecular flexibility index (Phi) is 14.7. The molecule has 1 aromatic carbocycles. The first-order valence-corrected chi connectivity index (χ1v) is 8.43. The second-order valence-corrected chi connectivity index (χ2v) is 5.37. The quantitative estimate of drug-likeness (QED) is 0.602. The Hall–Kier alpha value is -1.08. The second kappa shape index (κ2) is 13.9. The van der Waals surface area contributed by atoms with Crippen molar-refractivity contribution in [2.24, 2.45) is 0 Å². The molecule has 122 valence electrons. The third-order valence-electron chi connectivity index (χ3n) is 2.76. The van der Waals surface area contributed by atoms with Crippen LogP contribution in [-0.4, -0.2) is 10.7 Å². The molecule has 21 heavy (non-hydrogen) atoms. The van der Waals surface area contributed by atoms with Gasteiger partial charge in [-0.05, 0) is 45.6 Å². The van der Waals surface area contributed by atoms with E-state index < -0.39 is 5.60 Å². The Labute approximate surface area is 133 Å². The minimum absolute atomic E-state index is 0.514. The first-order chi connectivity index (χ1) is 9.97. The number of unbranched alkanes of at least 4 members (excludes halogenated alkanes) is 2. The monoisotopic (exact) mass is 292 g/mol. The zero-order valence-corrected chi connectivity index (χ0v) is 15.2. The van der Waals surface area contributed by atoms with Crippen LogP contribution in [0, 0.1) is 6.92 Å². The Morgan fingerprint density at radius 3 is 2.19 bits per heavy atom. The van der Waals surface area contributed by atoms with Crippen LogP contribution in [0.4, 0.5) is 0 Å². The Bertz CT molecular complexity index is 358. The summed E-state index contributed by atoms with van der Waals surface area (Å²) in [7, 11) is 0. The maximum absolute atomic E-state index is 9.56. The summed E-state index contributed by atoms with van der Waals surface area (Å²) in [5, 5.41) is 9.56. The van der Waals surface area contributed by atoms with Crippen LogP contribution >= 0.6 is 0 Å². The number of benzene rings is 1. The highest BCUT2D eigenvalue weighted by Gasteiger charge is 2.10. The van der Waals surface area contributed by atoms with Crippen molar-refractivity contribution in [1.82, 2.24) is 0 Å². The van der Waals surface area contributed by atoms with E-state index in [1.807, 2.05) is 41.5 Å². The molecule has 0 aliphatic heterocycles. The Balaban J connectivity index is 0. The third-order valence-corrected chi connectivity index (χ3v) is 2.76. The molecule has 1 rings (SSSR count). The van der Waals surface area contributed by atoms with E-state index >= 15 is 0 Å². The van der Waals surface area contributed by atoms with E-state index in [9.17, 15) is 5.11 Å². The zero-order chi connectivity index (χ0) is 16.7. The molecule has 0 atom stereocenters. The highest BCUT2D eigenvalue weighted by molar-refractivity contribution is 5.49. The molecule has 1 nitrogen and oxygen atoms in total. The van der Waals surface area contributed by atoms with Crippen LogP contribution in [0.2, 0.25) is 0 Å². The van der Waals surface area contributed by atoms with Gasteiger partial charge in [-0.3, -0.25) is 0 Å². The van der Waals surface area contributed by atoms with Gasteiger partial charge in [0, 0.05) is 0 Å². The second-order valence-electron chi connectivity index (χ2n) is 5.37. The Morgan fingerprint density at radius 1 is 1.05 bits per heavy atom. The summed E-state index contributed by atoms with van der Waals surface area (Å²) < 4.78 is 0. The SMILES string of the molecule is CC.CC.Cc1cccc(/C=C/CCCCC(C)(C)O)c1. The predicted molar refractivity (Wildman–Crippen MR) is 97.7 cm³/mol. The lowest BCUT2D eigenvalue weighted by Crippen LogP contribution is -2.17. The molecule has 0 saturated heterocycles. The highest BCUT2D eigenvalue weighted by atomic mass is 16.3. The summed E-state index contributed by atoms with van der Waals surface area (Å²) in [6.45, 7) is 13.9. The highest BCUT2D eigenvalue weighted by Crippen LogP contribution is 2.14. The summed E-state index contributed by atoms with van der Waals surface area (Å²) in [5.41, 5.74) is 2.06. The van der Waals surface area contributed by atoms with E-state index in [-0.39, 0.29) is 0 Å². The van der Waals surface area contributed by atoms with Gasteiger partial charge in [0.1, 0.15) is 0 Å². The van der Waals surface area contributed by atoms with E-state index in [1.54, 1.807) is 0 Å². The first kappa shape index (κ1) is 22.2. The van der Waals surface area contributed by atoms with Gasteiger partial charge >= 0.3 is 0 Å². The van der Waals surface area contributed by atoms with Gasteiger partial charge in [0.15, 0.2) is 0 Å².